The molecule has 11 heteroatoms. The van der Waals surface area contributed by atoms with Crippen molar-refractivity contribution in [3.05, 3.63) is 54.1 Å². The van der Waals surface area contributed by atoms with Gasteiger partial charge in [0.25, 0.3) is 0 Å². The van der Waals surface area contributed by atoms with E-state index in [2.05, 4.69) is 20.8 Å². The molecule has 29 heavy (non-hydrogen) atoms. The smallest absolute Gasteiger partial charge is 0.418 e. The number of carbonyl (C=O) groups is 1. The Balaban J connectivity index is 1.74. The zero-order valence-electron chi connectivity index (χ0n) is 15.3. The second kappa shape index (κ2) is 8.52. The fourth-order valence-corrected chi connectivity index (χ4v) is 3.23. The Labute approximate surface area is 168 Å². The first kappa shape index (κ1) is 20.6. The molecule has 0 aliphatic heterocycles. The van der Waals surface area contributed by atoms with Crippen LogP contribution in [0.2, 0.25) is 0 Å². The average Bonchev–Trinajstić information content (AvgIpc) is 3.15. The van der Waals surface area contributed by atoms with Gasteiger partial charge in [-0.3, -0.25) is 4.79 Å². The minimum atomic E-state index is -4.57. The number of carbonyl (C=O) groups excluding carboxylic acids is 1. The summed E-state index contributed by atoms with van der Waals surface area (Å²) < 4.78 is 45.8. The second-order valence-corrected chi connectivity index (χ2v) is 7.17. The minimum absolute atomic E-state index is 0.299. The number of benzene rings is 2. The lowest BCUT2D eigenvalue weighted by molar-refractivity contribution is -0.137. The van der Waals surface area contributed by atoms with E-state index in [0.29, 0.717) is 16.6 Å². The summed E-state index contributed by atoms with van der Waals surface area (Å²) in [6, 6.07) is 11.8. The molecule has 3 aromatic rings. The molecule has 1 aromatic heterocycles. The molecular weight excluding hydrogens is 407 g/mol. The molecule has 1 atom stereocenters. The summed E-state index contributed by atoms with van der Waals surface area (Å²) in [7, 11) is 1.55. The molecule has 0 spiro atoms. The summed E-state index contributed by atoms with van der Waals surface area (Å²) in [5.74, 6) is 0.0584. The molecule has 1 heterocycles. The lowest BCUT2D eigenvalue weighted by atomic mass is 10.1. The van der Waals surface area contributed by atoms with E-state index < -0.39 is 22.9 Å². The minimum Gasteiger partial charge on any atom is -0.497 e. The standard InChI is InChI=1S/C18H16F3N5O2S/c1-11(16(27)22-15-6-4-3-5-14(15)18(19,20)21)29-17-23-24-25-26(17)12-7-9-13(28-2)10-8-12/h3-11H,1-2H3,(H,22,27). The molecule has 1 N–H and O–H groups in total. The second-order valence-electron chi connectivity index (χ2n) is 5.86. The first-order valence-corrected chi connectivity index (χ1v) is 9.24. The Bertz CT molecular complexity index is 992. The van der Waals surface area contributed by atoms with Crippen molar-refractivity contribution in [3.8, 4) is 11.4 Å². The lowest BCUT2D eigenvalue weighted by Gasteiger charge is -2.16. The van der Waals surface area contributed by atoms with Gasteiger partial charge in [0.15, 0.2) is 0 Å². The summed E-state index contributed by atoms with van der Waals surface area (Å²) in [6.07, 6.45) is -4.57. The highest BCUT2D eigenvalue weighted by atomic mass is 32.2. The molecule has 1 unspecified atom stereocenters. The number of amides is 1. The molecule has 0 saturated carbocycles. The van der Waals surface area contributed by atoms with Gasteiger partial charge in [-0.05, 0) is 53.7 Å². The van der Waals surface area contributed by atoms with Crippen LogP contribution in [0.4, 0.5) is 18.9 Å². The van der Waals surface area contributed by atoms with Gasteiger partial charge in [-0.25, -0.2) is 0 Å². The molecule has 3 rings (SSSR count). The summed E-state index contributed by atoms with van der Waals surface area (Å²) in [5, 5.41) is 13.3. The van der Waals surface area contributed by atoms with Gasteiger partial charge in [0, 0.05) is 0 Å². The van der Waals surface area contributed by atoms with Gasteiger partial charge in [-0.1, -0.05) is 23.9 Å². The highest BCUT2D eigenvalue weighted by Crippen LogP contribution is 2.35. The van der Waals surface area contributed by atoms with Crippen molar-refractivity contribution in [2.45, 2.75) is 23.5 Å². The van der Waals surface area contributed by atoms with E-state index in [9.17, 15) is 18.0 Å². The Hall–Kier alpha value is -3.08. The van der Waals surface area contributed by atoms with E-state index in [1.54, 1.807) is 38.3 Å². The molecule has 0 fully saturated rings. The van der Waals surface area contributed by atoms with Crippen LogP contribution in [-0.2, 0) is 11.0 Å². The maximum absolute atomic E-state index is 13.1. The van der Waals surface area contributed by atoms with Gasteiger partial charge in [-0.2, -0.15) is 17.9 Å². The van der Waals surface area contributed by atoms with Crippen LogP contribution in [0.25, 0.3) is 5.69 Å². The Morgan fingerprint density at radius 1 is 1.17 bits per heavy atom. The average molecular weight is 423 g/mol. The number of methoxy groups -OCH3 is 1. The first-order valence-electron chi connectivity index (χ1n) is 8.36. The van der Waals surface area contributed by atoms with Crippen LogP contribution < -0.4 is 10.1 Å². The third-order valence-electron chi connectivity index (χ3n) is 3.90. The fourth-order valence-electron chi connectivity index (χ4n) is 2.42. The zero-order valence-corrected chi connectivity index (χ0v) is 16.2. The number of nitrogens with zero attached hydrogens (tertiary/aromatic N) is 4. The quantitative estimate of drug-likeness (QED) is 0.608. The van der Waals surface area contributed by atoms with E-state index in [1.807, 2.05) is 0 Å². The number of alkyl halides is 3. The maximum atomic E-state index is 13.1. The van der Waals surface area contributed by atoms with Crippen LogP contribution in [0.15, 0.2) is 53.7 Å². The first-order chi connectivity index (χ1) is 13.8. The molecule has 152 valence electrons. The lowest BCUT2D eigenvalue weighted by Crippen LogP contribution is -2.24. The predicted molar refractivity (Wildman–Crippen MR) is 101 cm³/mol. The molecule has 7 nitrogen and oxygen atoms in total. The SMILES string of the molecule is COc1ccc(-n2nnnc2SC(C)C(=O)Nc2ccccc2C(F)(F)F)cc1. The fraction of sp³-hybridized carbons (Fsp3) is 0.222. The Morgan fingerprint density at radius 3 is 2.52 bits per heavy atom. The van der Waals surface area contributed by atoms with Gasteiger partial charge in [-0.15, -0.1) is 5.10 Å². The number of hydrogen-bond acceptors (Lipinski definition) is 6. The Kier molecular flexibility index (Phi) is 6.06. The van der Waals surface area contributed by atoms with E-state index >= 15 is 0 Å². The topological polar surface area (TPSA) is 81.9 Å². The number of aromatic nitrogens is 4. The number of halogens is 3. The van der Waals surface area contributed by atoms with Crippen LogP contribution in [0.1, 0.15) is 12.5 Å². The maximum Gasteiger partial charge on any atom is 0.418 e. The molecule has 0 aliphatic rings. The van der Waals surface area contributed by atoms with Gasteiger partial charge in [0.1, 0.15) is 5.75 Å². The molecule has 1 amide bonds. The van der Waals surface area contributed by atoms with Crippen molar-refractivity contribution < 1.29 is 22.7 Å². The van der Waals surface area contributed by atoms with Crippen molar-refractivity contribution in [2.24, 2.45) is 0 Å². The number of ether oxygens (including phenoxy) is 1. The number of tetrazole rings is 1. The molecular formula is C18H16F3N5O2S. The number of hydrogen-bond donors (Lipinski definition) is 1. The normalized spacial score (nSPS) is 12.4. The van der Waals surface area contributed by atoms with E-state index in [0.717, 1.165) is 17.8 Å². The van der Waals surface area contributed by atoms with E-state index in [4.69, 9.17) is 4.74 Å². The predicted octanol–water partition coefficient (Wildman–Crippen LogP) is 3.81. The number of nitrogens with one attached hydrogen (secondary N) is 1. The number of anilines is 1. The van der Waals surface area contributed by atoms with Crippen LogP contribution in [-0.4, -0.2) is 38.5 Å². The number of thioether (sulfide) groups is 1. The Morgan fingerprint density at radius 2 is 1.86 bits per heavy atom. The summed E-state index contributed by atoms with van der Waals surface area (Å²) in [6.45, 7) is 1.56. The molecule has 0 bridgehead atoms. The van der Waals surface area contributed by atoms with Crippen molar-refractivity contribution in [1.82, 2.24) is 20.2 Å². The van der Waals surface area contributed by atoms with Crippen LogP contribution >= 0.6 is 11.8 Å². The summed E-state index contributed by atoms with van der Waals surface area (Å²) in [4.78, 5) is 12.5. The van der Waals surface area contributed by atoms with Crippen molar-refractivity contribution >= 4 is 23.4 Å². The van der Waals surface area contributed by atoms with Gasteiger partial charge < -0.3 is 10.1 Å². The zero-order chi connectivity index (χ0) is 21.0. The monoisotopic (exact) mass is 423 g/mol. The largest absolute Gasteiger partial charge is 0.497 e. The number of para-hydroxylation sites is 1. The summed E-state index contributed by atoms with van der Waals surface area (Å²) >= 11 is 1.02. The van der Waals surface area contributed by atoms with Crippen molar-refractivity contribution in [2.75, 3.05) is 12.4 Å². The molecule has 0 saturated heterocycles. The molecule has 2 aromatic carbocycles. The van der Waals surface area contributed by atoms with E-state index in [1.165, 1.54) is 22.9 Å². The van der Waals surface area contributed by atoms with Gasteiger partial charge in [0.2, 0.25) is 11.1 Å². The van der Waals surface area contributed by atoms with Gasteiger partial charge >= 0.3 is 6.18 Å². The highest BCUT2D eigenvalue weighted by molar-refractivity contribution is 8.00. The highest BCUT2D eigenvalue weighted by Gasteiger charge is 2.34. The van der Waals surface area contributed by atoms with E-state index in [-0.39, 0.29) is 5.69 Å². The van der Waals surface area contributed by atoms with Crippen LogP contribution in [0.5, 0.6) is 5.75 Å². The van der Waals surface area contributed by atoms with Gasteiger partial charge in [0.05, 0.1) is 29.3 Å². The van der Waals surface area contributed by atoms with Crippen LogP contribution in [0.3, 0.4) is 0 Å². The van der Waals surface area contributed by atoms with Crippen LogP contribution in [0, 0.1) is 0 Å². The number of rotatable bonds is 6. The van der Waals surface area contributed by atoms with Crippen molar-refractivity contribution in [1.29, 1.82) is 0 Å². The molecule has 0 aliphatic carbocycles. The summed E-state index contributed by atoms with van der Waals surface area (Å²) in [5.41, 5.74) is -0.561. The third kappa shape index (κ3) is 4.86. The molecule has 0 radical (unpaired) electrons. The third-order valence-corrected chi connectivity index (χ3v) is 4.93. The van der Waals surface area contributed by atoms with Crippen molar-refractivity contribution in [3.63, 3.8) is 0 Å².